The average molecular weight is 415 g/mol. The SMILES string of the molecule is CC1(C)/C(=C/C=C/C2=Nc3ccccc3C2)N(CCCCCC(=O)O)c2ccccc21. The molecular formula is C27H30N2O2. The minimum absolute atomic E-state index is 0.0809. The fourth-order valence-corrected chi connectivity index (χ4v) is 4.61. The molecule has 2 aliphatic rings. The van der Waals surface area contributed by atoms with Crippen molar-refractivity contribution in [2.45, 2.75) is 51.4 Å². The summed E-state index contributed by atoms with van der Waals surface area (Å²) < 4.78 is 0. The van der Waals surface area contributed by atoms with Gasteiger partial charge in [-0.1, -0.05) is 62.7 Å². The fourth-order valence-electron chi connectivity index (χ4n) is 4.61. The van der Waals surface area contributed by atoms with E-state index in [9.17, 15) is 4.79 Å². The first-order chi connectivity index (χ1) is 15.0. The molecule has 0 amide bonds. The summed E-state index contributed by atoms with van der Waals surface area (Å²) in [5, 5.41) is 8.87. The van der Waals surface area contributed by atoms with Crippen molar-refractivity contribution in [1.82, 2.24) is 0 Å². The number of nitrogens with zero attached hydrogens (tertiary/aromatic N) is 2. The molecule has 0 aromatic heterocycles. The number of hydrogen-bond acceptors (Lipinski definition) is 3. The summed E-state index contributed by atoms with van der Waals surface area (Å²) in [6.45, 7) is 5.45. The highest BCUT2D eigenvalue weighted by atomic mass is 16.4. The number of unbranched alkanes of at least 4 members (excludes halogenated alkanes) is 2. The van der Waals surface area contributed by atoms with Crippen molar-refractivity contribution in [3.8, 4) is 0 Å². The van der Waals surface area contributed by atoms with Crippen molar-refractivity contribution >= 4 is 23.1 Å². The number of fused-ring (bicyclic) bond motifs is 2. The molecule has 0 atom stereocenters. The van der Waals surface area contributed by atoms with Gasteiger partial charge in [0.15, 0.2) is 0 Å². The minimum Gasteiger partial charge on any atom is -0.481 e. The summed E-state index contributed by atoms with van der Waals surface area (Å²) >= 11 is 0. The molecule has 0 unspecified atom stereocenters. The summed E-state index contributed by atoms with van der Waals surface area (Å²) in [5.74, 6) is -0.713. The first-order valence-electron chi connectivity index (χ1n) is 11.1. The molecule has 0 fully saturated rings. The molecule has 2 aromatic rings. The maximum atomic E-state index is 10.8. The number of carbonyl (C=O) groups is 1. The quantitative estimate of drug-likeness (QED) is 0.523. The molecule has 4 rings (SSSR count). The van der Waals surface area contributed by atoms with Gasteiger partial charge in [0.2, 0.25) is 0 Å². The number of carboxylic acids is 1. The number of carboxylic acid groups (broad SMARTS) is 1. The molecule has 0 bridgehead atoms. The van der Waals surface area contributed by atoms with Crippen molar-refractivity contribution in [2.24, 2.45) is 4.99 Å². The summed E-state index contributed by atoms with van der Waals surface area (Å²) in [4.78, 5) is 17.9. The van der Waals surface area contributed by atoms with Crippen LogP contribution < -0.4 is 4.90 Å². The zero-order chi connectivity index (χ0) is 21.8. The van der Waals surface area contributed by atoms with E-state index in [4.69, 9.17) is 10.1 Å². The van der Waals surface area contributed by atoms with Crippen molar-refractivity contribution in [3.05, 3.63) is 83.6 Å². The number of hydrogen-bond donors (Lipinski definition) is 1. The predicted molar refractivity (Wildman–Crippen MR) is 127 cm³/mol. The molecule has 0 saturated heterocycles. The van der Waals surface area contributed by atoms with Crippen LogP contribution in [0.3, 0.4) is 0 Å². The first-order valence-corrected chi connectivity index (χ1v) is 11.1. The lowest BCUT2D eigenvalue weighted by Gasteiger charge is -2.27. The van der Waals surface area contributed by atoms with Gasteiger partial charge in [-0.2, -0.15) is 0 Å². The molecule has 0 radical (unpaired) electrons. The Morgan fingerprint density at radius 3 is 2.68 bits per heavy atom. The van der Waals surface area contributed by atoms with Gasteiger partial charge >= 0.3 is 5.97 Å². The Kier molecular flexibility index (Phi) is 6.08. The normalized spacial score (nSPS) is 17.8. The lowest BCUT2D eigenvalue weighted by Crippen LogP contribution is -2.27. The van der Waals surface area contributed by atoms with Gasteiger partial charge in [-0.15, -0.1) is 0 Å². The topological polar surface area (TPSA) is 52.9 Å². The number of allylic oxidation sites excluding steroid dienone is 4. The molecule has 160 valence electrons. The monoisotopic (exact) mass is 414 g/mol. The number of aliphatic imine (C=N–C) groups is 1. The third-order valence-electron chi connectivity index (χ3n) is 6.24. The number of anilines is 1. The van der Waals surface area contributed by atoms with Crippen LogP contribution in [0.25, 0.3) is 0 Å². The lowest BCUT2D eigenvalue weighted by molar-refractivity contribution is -0.137. The maximum absolute atomic E-state index is 10.8. The number of para-hydroxylation sites is 2. The molecule has 2 aromatic carbocycles. The van der Waals surface area contributed by atoms with Crippen LogP contribution in [0.5, 0.6) is 0 Å². The third kappa shape index (κ3) is 4.48. The first kappa shape index (κ1) is 21.1. The molecule has 31 heavy (non-hydrogen) atoms. The highest BCUT2D eigenvalue weighted by molar-refractivity contribution is 6.02. The molecular weight excluding hydrogens is 384 g/mol. The van der Waals surface area contributed by atoms with E-state index >= 15 is 0 Å². The smallest absolute Gasteiger partial charge is 0.303 e. The molecule has 0 spiro atoms. The van der Waals surface area contributed by atoms with E-state index in [1.807, 2.05) is 6.07 Å². The summed E-state index contributed by atoms with van der Waals surface area (Å²) in [6, 6.07) is 16.9. The second-order valence-electron chi connectivity index (χ2n) is 8.82. The van der Waals surface area contributed by atoms with E-state index in [1.54, 1.807) is 0 Å². The van der Waals surface area contributed by atoms with Gasteiger partial charge in [0.05, 0.1) is 5.69 Å². The highest BCUT2D eigenvalue weighted by Crippen LogP contribution is 2.47. The van der Waals surface area contributed by atoms with Crippen molar-refractivity contribution in [3.63, 3.8) is 0 Å². The second-order valence-corrected chi connectivity index (χ2v) is 8.82. The Hall–Kier alpha value is -3.14. The van der Waals surface area contributed by atoms with E-state index in [1.165, 1.54) is 22.5 Å². The van der Waals surface area contributed by atoms with Gasteiger partial charge in [0, 0.05) is 41.9 Å². The Balaban J connectivity index is 1.52. The minimum atomic E-state index is -0.713. The molecule has 4 nitrogen and oxygen atoms in total. The van der Waals surface area contributed by atoms with Crippen LogP contribution in [0.15, 0.2) is 77.4 Å². The van der Waals surface area contributed by atoms with Crippen LogP contribution >= 0.6 is 0 Å². The Bertz CT molecular complexity index is 1060. The van der Waals surface area contributed by atoms with Gasteiger partial charge in [-0.3, -0.25) is 9.79 Å². The third-order valence-corrected chi connectivity index (χ3v) is 6.24. The van der Waals surface area contributed by atoms with Gasteiger partial charge in [-0.05, 0) is 48.3 Å². The molecule has 1 N–H and O–H groups in total. The van der Waals surface area contributed by atoms with Gasteiger partial charge < -0.3 is 10.0 Å². The van der Waals surface area contributed by atoms with E-state index in [2.05, 4.69) is 79.4 Å². The summed E-state index contributed by atoms with van der Waals surface area (Å²) in [5.41, 5.74) is 7.24. The second kappa shape index (κ2) is 8.93. The van der Waals surface area contributed by atoms with Gasteiger partial charge in [0.1, 0.15) is 0 Å². The zero-order valence-electron chi connectivity index (χ0n) is 18.3. The predicted octanol–water partition coefficient (Wildman–Crippen LogP) is 6.20. The van der Waals surface area contributed by atoms with Crippen LogP contribution in [0.4, 0.5) is 11.4 Å². The Labute approximate surface area is 184 Å². The summed E-state index contributed by atoms with van der Waals surface area (Å²) in [6.07, 6.45) is 10.2. The van der Waals surface area contributed by atoms with Gasteiger partial charge in [-0.25, -0.2) is 0 Å². The number of benzene rings is 2. The van der Waals surface area contributed by atoms with Crippen molar-refractivity contribution in [1.29, 1.82) is 0 Å². The molecule has 0 saturated carbocycles. The summed E-state index contributed by atoms with van der Waals surface area (Å²) in [7, 11) is 0. The van der Waals surface area contributed by atoms with Crippen LogP contribution in [-0.4, -0.2) is 23.3 Å². The zero-order valence-corrected chi connectivity index (χ0v) is 18.3. The molecule has 2 heterocycles. The van der Waals surface area contributed by atoms with Crippen molar-refractivity contribution in [2.75, 3.05) is 11.4 Å². The Morgan fingerprint density at radius 2 is 1.87 bits per heavy atom. The molecule has 0 aliphatic carbocycles. The van der Waals surface area contributed by atoms with Crippen molar-refractivity contribution < 1.29 is 9.90 Å². The van der Waals surface area contributed by atoms with E-state index in [0.29, 0.717) is 0 Å². The van der Waals surface area contributed by atoms with E-state index in [-0.39, 0.29) is 11.8 Å². The van der Waals surface area contributed by atoms with Crippen LogP contribution in [-0.2, 0) is 16.6 Å². The standard InChI is InChI=1S/C27H30N2O2/c1-27(2)22-13-6-8-15-24(22)29(18-9-3-4-17-26(30)31)25(27)16-10-12-21-19-20-11-5-7-14-23(20)28-21/h5-8,10-16H,3-4,9,17-19H2,1-2H3,(H,30,31)/b12-10+,25-16-. The fraction of sp³-hybridized carbons (Fsp3) is 0.333. The van der Waals surface area contributed by atoms with E-state index in [0.717, 1.165) is 43.6 Å². The molecule has 4 heteroatoms. The van der Waals surface area contributed by atoms with E-state index < -0.39 is 5.97 Å². The Morgan fingerprint density at radius 1 is 1.10 bits per heavy atom. The maximum Gasteiger partial charge on any atom is 0.303 e. The lowest BCUT2D eigenvalue weighted by atomic mass is 9.83. The number of rotatable bonds is 8. The van der Waals surface area contributed by atoms with Crippen LogP contribution in [0.1, 0.15) is 50.7 Å². The highest BCUT2D eigenvalue weighted by Gasteiger charge is 2.39. The average Bonchev–Trinajstić information content (AvgIpc) is 3.25. The molecule has 2 aliphatic heterocycles. The van der Waals surface area contributed by atoms with Gasteiger partial charge in [0.25, 0.3) is 0 Å². The van der Waals surface area contributed by atoms with Crippen LogP contribution in [0.2, 0.25) is 0 Å². The van der Waals surface area contributed by atoms with Crippen LogP contribution in [0, 0.1) is 0 Å². The number of aliphatic carboxylic acids is 1. The largest absolute Gasteiger partial charge is 0.481 e.